The van der Waals surface area contributed by atoms with Crippen LogP contribution in [-0.2, 0) is 28.8 Å². The zero-order valence-corrected chi connectivity index (χ0v) is 33.9. The van der Waals surface area contributed by atoms with Crippen molar-refractivity contribution in [2.75, 3.05) is 26.7 Å². The molecule has 0 aromatic carbocycles. The molecule has 5 fully saturated rings. The molecule has 10 heteroatoms. The minimum atomic E-state index is -1.01. The zero-order valence-electron chi connectivity index (χ0n) is 33.9. The second-order valence-corrected chi connectivity index (χ2v) is 19.8. The van der Waals surface area contributed by atoms with E-state index in [1.165, 1.54) is 0 Å². The van der Waals surface area contributed by atoms with Crippen LogP contribution in [0.1, 0.15) is 133 Å². The van der Waals surface area contributed by atoms with Gasteiger partial charge in [-0.2, -0.15) is 0 Å². The van der Waals surface area contributed by atoms with Gasteiger partial charge in [0.2, 0.25) is 17.6 Å². The number of hydrogen-bond donors (Lipinski definition) is 1. The molecular weight excluding hydrogens is 656 g/mol. The average molecular weight is 725 g/mol. The Kier molecular flexibility index (Phi) is 11.4. The number of amides is 3. The fourth-order valence-corrected chi connectivity index (χ4v) is 11.1. The van der Waals surface area contributed by atoms with Crippen LogP contribution in [-0.4, -0.2) is 94.6 Å². The van der Waals surface area contributed by atoms with Crippen molar-refractivity contribution in [3.05, 3.63) is 0 Å². The van der Waals surface area contributed by atoms with E-state index in [-0.39, 0.29) is 76.9 Å². The van der Waals surface area contributed by atoms with E-state index in [0.717, 1.165) is 38.5 Å². The van der Waals surface area contributed by atoms with Crippen LogP contribution in [0.3, 0.4) is 0 Å². The topological polar surface area (TPSA) is 138 Å². The maximum absolute atomic E-state index is 15.0. The molecule has 3 saturated carbocycles. The molecule has 2 aliphatic heterocycles. The van der Waals surface area contributed by atoms with Gasteiger partial charge >= 0.3 is 0 Å². The Labute approximate surface area is 312 Å². The van der Waals surface area contributed by atoms with Crippen molar-refractivity contribution in [1.82, 2.24) is 14.7 Å². The summed E-state index contributed by atoms with van der Waals surface area (Å²) >= 11 is 0. The van der Waals surface area contributed by atoms with Crippen LogP contribution in [0.2, 0.25) is 0 Å². The molecule has 2 spiro atoms. The van der Waals surface area contributed by atoms with Gasteiger partial charge in [0.15, 0.2) is 5.78 Å². The Morgan fingerprint density at radius 3 is 1.88 bits per heavy atom. The van der Waals surface area contributed by atoms with E-state index in [4.69, 9.17) is 5.73 Å². The molecule has 1 unspecified atom stereocenters. The number of nitrogens with zero attached hydrogens (tertiary/aromatic N) is 3. The van der Waals surface area contributed by atoms with Crippen LogP contribution in [0.5, 0.6) is 0 Å². The quantitative estimate of drug-likeness (QED) is 0.236. The second kappa shape index (κ2) is 14.6. The molecule has 5 aliphatic rings. The average Bonchev–Trinajstić information content (AvgIpc) is 3.23. The van der Waals surface area contributed by atoms with Gasteiger partial charge in [-0.15, -0.1) is 0 Å². The summed E-state index contributed by atoms with van der Waals surface area (Å²) in [6.45, 7) is 20.4. The Hall–Kier alpha value is -2.62. The summed E-state index contributed by atoms with van der Waals surface area (Å²) in [7, 11) is 2.08. The van der Waals surface area contributed by atoms with Gasteiger partial charge in [-0.1, -0.05) is 74.1 Å². The van der Waals surface area contributed by atoms with Crippen LogP contribution in [0.25, 0.3) is 0 Å². The number of fused-ring (bicyclic) bond motifs is 1. The summed E-state index contributed by atoms with van der Waals surface area (Å²) in [4.78, 5) is 88.4. The molecular formula is C42H68N4O6. The van der Waals surface area contributed by atoms with Gasteiger partial charge in [0.05, 0.1) is 6.04 Å². The molecule has 52 heavy (non-hydrogen) atoms. The fraction of sp³-hybridized carbons (Fsp3) is 0.857. The maximum atomic E-state index is 15.0. The molecule has 2 saturated heterocycles. The Morgan fingerprint density at radius 2 is 1.44 bits per heavy atom. The highest BCUT2D eigenvalue weighted by Gasteiger charge is 2.85. The molecule has 5 rings (SSSR count). The summed E-state index contributed by atoms with van der Waals surface area (Å²) in [6, 6.07) is -0.282. The highest BCUT2D eigenvalue weighted by Crippen LogP contribution is 2.88. The van der Waals surface area contributed by atoms with Crippen molar-refractivity contribution >= 4 is 35.1 Å². The fourth-order valence-electron chi connectivity index (χ4n) is 11.1. The van der Waals surface area contributed by atoms with Gasteiger partial charge in [-0.05, 0) is 74.7 Å². The Balaban J connectivity index is 1.38. The maximum Gasteiger partial charge on any atom is 0.285 e. The number of carbonyl (C=O) groups excluding carboxylic acids is 6. The van der Waals surface area contributed by atoms with Crippen molar-refractivity contribution in [2.45, 2.75) is 151 Å². The number of hydrogen-bond acceptors (Lipinski definition) is 7. The first-order valence-corrected chi connectivity index (χ1v) is 20.3. The number of likely N-dealkylation sites (tertiary alicyclic amines) is 1. The third-order valence-electron chi connectivity index (χ3n) is 15.4. The first-order chi connectivity index (χ1) is 24.1. The van der Waals surface area contributed by atoms with Gasteiger partial charge < -0.3 is 15.5 Å². The van der Waals surface area contributed by atoms with Gasteiger partial charge in [0.1, 0.15) is 5.78 Å². The van der Waals surface area contributed by atoms with Gasteiger partial charge in [0, 0.05) is 74.1 Å². The molecule has 0 aromatic heterocycles. The van der Waals surface area contributed by atoms with E-state index < -0.39 is 40.9 Å². The van der Waals surface area contributed by atoms with E-state index >= 15 is 0 Å². The molecule has 10 nitrogen and oxygen atoms in total. The zero-order chi connectivity index (χ0) is 38.7. The Bertz CT molecular complexity index is 1430. The summed E-state index contributed by atoms with van der Waals surface area (Å²) in [6.07, 6.45) is 7.29. The standard InChI is InChI=1S/C42H68N4O6/c1-25(2)31(37(51)45-22-26(3)44(10)27(4)23-45)19-30(47)20-32(39(5,6)7)38(52)46-24-42(40(8,9)41(42)15-12-16-41)21-33(46)34(48)18-29(35(49)36(43)50)17-28-13-11-14-28/h25-29,31-33H,11-24H2,1-10H3,(H2,43,50)/t26-,27-,29?,31-,32+,33-,42+/m0/s1. The van der Waals surface area contributed by atoms with E-state index in [1.807, 2.05) is 39.5 Å². The predicted octanol–water partition coefficient (Wildman–Crippen LogP) is 5.44. The molecule has 292 valence electrons. The van der Waals surface area contributed by atoms with Crippen molar-refractivity contribution in [3.63, 3.8) is 0 Å². The normalized spacial score (nSPS) is 30.1. The number of rotatable bonds is 14. The lowest BCUT2D eigenvalue weighted by atomic mass is 9.73. The van der Waals surface area contributed by atoms with Gasteiger partial charge in [-0.3, -0.25) is 33.7 Å². The summed E-state index contributed by atoms with van der Waals surface area (Å²) in [5.41, 5.74) is 4.72. The number of ketones is 3. The first-order valence-electron chi connectivity index (χ1n) is 20.3. The minimum absolute atomic E-state index is 0.00219. The monoisotopic (exact) mass is 725 g/mol. The van der Waals surface area contributed by atoms with Crippen LogP contribution in [0, 0.1) is 51.2 Å². The number of likely N-dealkylation sites (N-methyl/N-ethyl adjacent to an activating group) is 1. The van der Waals surface area contributed by atoms with Gasteiger partial charge in [-0.25, -0.2) is 0 Å². The highest BCUT2D eigenvalue weighted by molar-refractivity contribution is 6.36. The number of piperazine rings is 1. The largest absolute Gasteiger partial charge is 0.363 e. The number of nitrogens with two attached hydrogens (primary N) is 1. The lowest BCUT2D eigenvalue weighted by molar-refractivity contribution is -0.147. The second-order valence-electron chi connectivity index (χ2n) is 19.8. The third-order valence-corrected chi connectivity index (χ3v) is 15.4. The van der Waals surface area contributed by atoms with Crippen molar-refractivity contribution < 1.29 is 28.8 Å². The van der Waals surface area contributed by atoms with Crippen molar-refractivity contribution in [2.24, 2.45) is 57.0 Å². The van der Waals surface area contributed by atoms with Crippen LogP contribution in [0.4, 0.5) is 0 Å². The predicted molar refractivity (Wildman–Crippen MR) is 201 cm³/mol. The highest BCUT2D eigenvalue weighted by atomic mass is 16.2. The number of primary amides is 1. The molecule has 3 amide bonds. The number of carbonyl (C=O) groups is 6. The van der Waals surface area contributed by atoms with Gasteiger partial charge in [0.25, 0.3) is 5.91 Å². The van der Waals surface area contributed by atoms with Crippen molar-refractivity contribution in [3.8, 4) is 0 Å². The molecule has 2 heterocycles. The molecule has 2 N–H and O–H groups in total. The van der Waals surface area contributed by atoms with E-state index in [0.29, 0.717) is 38.4 Å². The van der Waals surface area contributed by atoms with Crippen LogP contribution >= 0.6 is 0 Å². The van der Waals surface area contributed by atoms with Crippen molar-refractivity contribution in [1.29, 1.82) is 0 Å². The number of Topliss-reactive ketones (excluding diaryl/α,β-unsaturated/α-hetero) is 3. The third kappa shape index (κ3) is 7.03. The molecule has 0 radical (unpaired) electrons. The van der Waals surface area contributed by atoms with E-state index in [9.17, 15) is 28.8 Å². The summed E-state index contributed by atoms with van der Waals surface area (Å²) < 4.78 is 0. The molecule has 0 aromatic rings. The summed E-state index contributed by atoms with van der Waals surface area (Å²) in [5.74, 6) is -3.86. The SMILES string of the molecule is CC(C)[C@H](CC(=O)C[C@H](C(=O)N1C[C@]2(C[C@H]1C(=O)CC(CC1CCC1)C(=O)C(N)=O)C(C)(C)C21CCC1)C(C)(C)C)C(=O)N1C[C@H](C)N(C)[C@@H](C)C1. The van der Waals surface area contributed by atoms with E-state index in [1.54, 1.807) is 4.90 Å². The summed E-state index contributed by atoms with van der Waals surface area (Å²) in [5, 5.41) is 0. The molecule has 0 bridgehead atoms. The molecule has 3 aliphatic carbocycles. The smallest absolute Gasteiger partial charge is 0.285 e. The van der Waals surface area contributed by atoms with Crippen LogP contribution in [0.15, 0.2) is 0 Å². The Morgan fingerprint density at radius 1 is 0.846 bits per heavy atom. The minimum Gasteiger partial charge on any atom is -0.363 e. The lowest BCUT2D eigenvalue weighted by Gasteiger charge is -2.43. The van der Waals surface area contributed by atoms with Crippen LogP contribution < -0.4 is 5.73 Å². The lowest BCUT2D eigenvalue weighted by Crippen LogP contribution is -2.57. The van der Waals surface area contributed by atoms with E-state index in [2.05, 4.69) is 39.6 Å². The first kappa shape index (κ1) is 40.6. The molecule has 7 atom stereocenters.